The molecule has 4 nitrogen and oxygen atoms in total. The van der Waals surface area contributed by atoms with E-state index in [9.17, 15) is 8.42 Å². The van der Waals surface area contributed by atoms with E-state index < -0.39 is 10.0 Å². The second kappa shape index (κ2) is 6.07. The van der Waals surface area contributed by atoms with Crippen LogP contribution in [0.15, 0.2) is 40.9 Å². The van der Waals surface area contributed by atoms with Crippen molar-refractivity contribution >= 4 is 37.3 Å². The number of sulfonamides is 1. The highest BCUT2D eigenvalue weighted by atomic mass is 79.9. The molecule has 6 heteroatoms. The first-order valence-electron chi connectivity index (χ1n) is 6.39. The summed E-state index contributed by atoms with van der Waals surface area (Å²) in [6, 6.07) is 10.7. The van der Waals surface area contributed by atoms with Crippen LogP contribution in [0.1, 0.15) is 16.7 Å². The number of rotatable bonds is 4. The molecule has 0 aliphatic heterocycles. The third kappa shape index (κ3) is 3.98. The Bertz CT molecular complexity index is 750. The quantitative estimate of drug-likeness (QED) is 0.809. The van der Waals surface area contributed by atoms with E-state index in [0.29, 0.717) is 16.9 Å². The second-order valence-electron chi connectivity index (χ2n) is 4.97. The normalized spacial score (nSPS) is 11.4. The van der Waals surface area contributed by atoms with Crippen molar-refractivity contribution < 1.29 is 8.42 Å². The Kier molecular flexibility index (Phi) is 4.58. The van der Waals surface area contributed by atoms with E-state index in [-0.39, 0.29) is 5.75 Å². The van der Waals surface area contributed by atoms with Gasteiger partial charge in [0.25, 0.3) is 0 Å². The van der Waals surface area contributed by atoms with Crippen LogP contribution in [0.25, 0.3) is 0 Å². The molecule has 0 saturated heterocycles. The largest absolute Gasteiger partial charge is 0.398 e. The highest BCUT2D eigenvalue weighted by molar-refractivity contribution is 9.10. The van der Waals surface area contributed by atoms with E-state index in [2.05, 4.69) is 20.7 Å². The van der Waals surface area contributed by atoms with E-state index in [1.807, 2.05) is 26.0 Å². The molecule has 0 radical (unpaired) electrons. The predicted molar refractivity (Wildman–Crippen MR) is 90.7 cm³/mol. The number of para-hydroxylation sites is 1. The molecule has 0 aromatic heterocycles. The van der Waals surface area contributed by atoms with Crippen LogP contribution in [0.2, 0.25) is 0 Å². The Morgan fingerprint density at radius 1 is 1.14 bits per heavy atom. The first kappa shape index (κ1) is 15.9. The van der Waals surface area contributed by atoms with E-state index in [0.717, 1.165) is 15.6 Å². The first-order chi connectivity index (χ1) is 9.78. The van der Waals surface area contributed by atoms with Crippen LogP contribution < -0.4 is 10.5 Å². The summed E-state index contributed by atoms with van der Waals surface area (Å²) < 4.78 is 28.2. The fourth-order valence-electron chi connectivity index (χ4n) is 2.13. The summed E-state index contributed by atoms with van der Waals surface area (Å²) >= 11 is 3.40. The Morgan fingerprint density at radius 3 is 2.29 bits per heavy atom. The number of benzene rings is 2. The summed E-state index contributed by atoms with van der Waals surface area (Å²) in [4.78, 5) is 0. The van der Waals surface area contributed by atoms with Crippen molar-refractivity contribution in [3.05, 3.63) is 57.6 Å². The van der Waals surface area contributed by atoms with E-state index in [4.69, 9.17) is 5.73 Å². The van der Waals surface area contributed by atoms with Gasteiger partial charge in [-0.05, 0) is 48.7 Å². The van der Waals surface area contributed by atoms with Gasteiger partial charge in [-0.3, -0.25) is 4.72 Å². The standard InChI is InChI=1S/C15H17BrN2O2S/c1-10-7-13(16)8-11(2)15(10)18-21(19,20)9-12-5-3-4-6-14(12)17/h3-8,18H,9,17H2,1-2H3. The fourth-order valence-corrected chi connectivity index (χ4v) is 4.20. The van der Waals surface area contributed by atoms with Gasteiger partial charge in [-0.15, -0.1) is 0 Å². The molecule has 0 aliphatic rings. The van der Waals surface area contributed by atoms with Gasteiger partial charge in [0.1, 0.15) is 0 Å². The van der Waals surface area contributed by atoms with Gasteiger partial charge in [-0.2, -0.15) is 0 Å². The van der Waals surface area contributed by atoms with Crippen molar-refractivity contribution in [1.29, 1.82) is 0 Å². The van der Waals surface area contributed by atoms with Crippen LogP contribution in [0.5, 0.6) is 0 Å². The van der Waals surface area contributed by atoms with Gasteiger partial charge >= 0.3 is 0 Å². The second-order valence-corrected chi connectivity index (χ2v) is 7.61. The van der Waals surface area contributed by atoms with Crippen molar-refractivity contribution in [3.63, 3.8) is 0 Å². The predicted octanol–water partition coefficient (Wildman–Crippen LogP) is 3.59. The molecular formula is C15H17BrN2O2S. The molecule has 0 fully saturated rings. The van der Waals surface area contributed by atoms with Gasteiger partial charge < -0.3 is 5.73 Å². The molecule has 2 aromatic carbocycles. The van der Waals surface area contributed by atoms with E-state index >= 15 is 0 Å². The first-order valence-corrected chi connectivity index (χ1v) is 8.83. The van der Waals surface area contributed by atoms with Crippen molar-refractivity contribution in [2.45, 2.75) is 19.6 Å². The lowest BCUT2D eigenvalue weighted by Gasteiger charge is -2.14. The average molecular weight is 369 g/mol. The van der Waals surface area contributed by atoms with Crippen molar-refractivity contribution in [3.8, 4) is 0 Å². The number of nitrogens with one attached hydrogen (secondary N) is 1. The molecule has 0 bridgehead atoms. The molecule has 0 spiro atoms. The molecule has 112 valence electrons. The highest BCUT2D eigenvalue weighted by Crippen LogP contribution is 2.27. The third-order valence-electron chi connectivity index (χ3n) is 3.16. The molecule has 3 N–H and O–H groups in total. The van der Waals surface area contributed by atoms with Crippen LogP contribution in [-0.4, -0.2) is 8.42 Å². The van der Waals surface area contributed by atoms with Gasteiger partial charge in [-0.1, -0.05) is 34.1 Å². The number of nitrogen functional groups attached to an aromatic ring is 1. The number of hydrogen-bond donors (Lipinski definition) is 2. The summed E-state index contributed by atoms with van der Waals surface area (Å²) in [5.41, 5.74) is 9.23. The average Bonchev–Trinajstić information content (AvgIpc) is 2.36. The van der Waals surface area contributed by atoms with Gasteiger partial charge in [0, 0.05) is 10.2 Å². The molecule has 2 rings (SSSR count). The lowest BCUT2D eigenvalue weighted by Crippen LogP contribution is -2.17. The monoisotopic (exact) mass is 368 g/mol. The summed E-state index contributed by atoms with van der Waals surface area (Å²) in [5.74, 6) is -0.144. The van der Waals surface area contributed by atoms with Gasteiger partial charge in [0.15, 0.2) is 0 Å². The highest BCUT2D eigenvalue weighted by Gasteiger charge is 2.16. The lowest BCUT2D eigenvalue weighted by molar-refractivity contribution is 0.600. The molecule has 0 aliphatic carbocycles. The van der Waals surface area contributed by atoms with Crippen LogP contribution >= 0.6 is 15.9 Å². The maximum absolute atomic E-state index is 12.3. The number of aryl methyl sites for hydroxylation is 2. The fraction of sp³-hybridized carbons (Fsp3) is 0.200. The molecule has 2 aromatic rings. The zero-order chi connectivity index (χ0) is 15.6. The molecule has 0 heterocycles. The number of anilines is 2. The topological polar surface area (TPSA) is 72.2 Å². The van der Waals surface area contributed by atoms with E-state index in [1.54, 1.807) is 24.3 Å². The minimum absolute atomic E-state index is 0.144. The van der Waals surface area contributed by atoms with Crippen molar-refractivity contribution in [2.75, 3.05) is 10.5 Å². The van der Waals surface area contributed by atoms with Crippen LogP contribution in [-0.2, 0) is 15.8 Å². The van der Waals surface area contributed by atoms with E-state index in [1.165, 1.54) is 0 Å². The zero-order valence-corrected chi connectivity index (χ0v) is 14.3. The van der Waals surface area contributed by atoms with Crippen molar-refractivity contribution in [2.24, 2.45) is 0 Å². The minimum Gasteiger partial charge on any atom is -0.398 e. The zero-order valence-electron chi connectivity index (χ0n) is 11.9. The molecule has 0 atom stereocenters. The summed E-state index contributed by atoms with van der Waals surface area (Å²) in [5, 5.41) is 0. The van der Waals surface area contributed by atoms with Crippen LogP contribution in [0.3, 0.4) is 0 Å². The van der Waals surface area contributed by atoms with Crippen LogP contribution in [0, 0.1) is 13.8 Å². The number of hydrogen-bond acceptors (Lipinski definition) is 3. The lowest BCUT2D eigenvalue weighted by atomic mass is 10.1. The Morgan fingerprint density at radius 2 is 1.71 bits per heavy atom. The summed E-state index contributed by atoms with van der Waals surface area (Å²) in [6.07, 6.45) is 0. The molecule has 0 amide bonds. The van der Waals surface area contributed by atoms with Gasteiger partial charge in [-0.25, -0.2) is 8.42 Å². The molecule has 0 unspecified atom stereocenters. The summed E-state index contributed by atoms with van der Waals surface area (Å²) in [6.45, 7) is 3.74. The third-order valence-corrected chi connectivity index (χ3v) is 4.82. The Labute approximate surface area is 133 Å². The SMILES string of the molecule is Cc1cc(Br)cc(C)c1NS(=O)(=O)Cc1ccccc1N. The van der Waals surface area contributed by atoms with Gasteiger partial charge in [0.05, 0.1) is 11.4 Å². The minimum atomic E-state index is -3.51. The summed E-state index contributed by atoms with van der Waals surface area (Å²) in [7, 11) is -3.51. The molecule has 21 heavy (non-hydrogen) atoms. The maximum atomic E-state index is 12.3. The van der Waals surface area contributed by atoms with Crippen molar-refractivity contribution in [1.82, 2.24) is 0 Å². The number of nitrogens with two attached hydrogens (primary N) is 1. The Hall–Kier alpha value is -1.53. The Balaban J connectivity index is 2.29. The molecular weight excluding hydrogens is 352 g/mol. The maximum Gasteiger partial charge on any atom is 0.237 e. The van der Waals surface area contributed by atoms with Gasteiger partial charge in [0.2, 0.25) is 10.0 Å². The van der Waals surface area contributed by atoms with Crippen LogP contribution in [0.4, 0.5) is 11.4 Å². The number of halogens is 1. The molecule has 0 saturated carbocycles. The smallest absolute Gasteiger partial charge is 0.237 e.